The first-order chi connectivity index (χ1) is 8.30. The number of carbonyl (C=O) groups is 1. The Kier molecular flexibility index (Phi) is 4.19. The molecule has 1 saturated heterocycles. The summed E-state index contributed by atoms with van der Waals surface area (Å²) in [7, 11) is 0. The van der Waals surface area contributed by atoms with Gasteiger partial charge >= 0.3 is 0 Å². The van der Waals surface area contributed by atoms with E-state index in [9.17, 15) is 4.79 Å². The van der Waals surface area contributed by atoms with Crippen LogP contribution in [0.2, 0.25) is 0 Å². The van der Waals surface area contributed by atoms with E-state index < -0.39 is 0 Å². The number of fused-ring (bicyclic) bond motifs is 1. The molecule has 18 heavy (non-hydrogen) atoms. The fraction of sp³-hybridized carbons (Fsp3) is 0.533. The van der Waals surface area contributed by atoms with E-state index in [-0.39, 0.29) is 29.9 Å². The minimum Gasteiger partial charge on any atom is -0.356 e. The summed E-state index contributed by atoms with van der Waals surface area (Å²) in [5, 5.41) is 3.05. The predicted octanol–water partition coefficient (Wildman–Crippen LogP) is 2.26. The average molecular weight is 279 g/mol. The van der Waals surface area contributed by atoms with Crippen molar-refractivity contribution in [3.8, 4) is 0 Å². The summed E-state index contributed by atoms with van der Waals surface area (Å²) in [6.07, 6.45) is 6.35. The zero-order valence-electron chi connectivity index (χ0n) is 10.5. The Bertz CT molecular complexity index is 446. The topological polar surface area (TPSA) is 29.1 Å². The number of benzene rings is 1. The number of rotatable bonds is 0. The van der Waals surface area contributed by atoms with Gasteiger partial charge in [0.25, 0.3) is 0 Å². The summed E-state index contributed by atoms with van der Waals surface area (Å²) < 4.78 is 0. The summed E-state index contributed by atoms with van der Waals surface area (Å²) in [5.41, 5.74) is 2.62. The molecule has 2 aliphatic rings. The zero-order chi connectivity index (χ0) is 11.7. The van der Waals surface area contributed by atoms with Crippen molar-refractivity contribution >= 4 is 5.91 Å². The van der Waals surface area contributed by atoms with E-state index in [4.69, 9.17) is 0 Å². The van der Waals surface area contributed by atoms with Crippen LogP contribution in [0.1, 0.15) is 36.8 Å². The van der Waals surface area contributed by atoms with E-state index in [2.05, 4.69) is 23.5 Å². The van der Waals surface area contributed by atoms with Crippen molar-refractivity contribution in [3.63, 3.8) is 0 Å². The van der Waals surface area contributed by atoms with Crippen molar-refractivity contribution in [1.82, 2.24) is 5.32 Å². The normalized spacial score (nSPS) is 26.8. The molecule has 2 nitrogen and oxygen atoms in total. The number of hydrogen-bond acceptors (Lipinski definition) is 1. The number of nitrogens with one attached hydrogen (secondary N) is 1. The fourth-order valence-electron chi connectivity index (χ4n) is 3.31. The summed E-state index contributed by atoms with van der Waals surface area (Å²) >= 11 is 0. The molecule has 1 N–H and O–H groups in total. The maximum absolute atomic E-state index is 12.2. The van der Waals surface area contributed by atoms with Crippen LogP contribution >= 0.6 is 0 Å². The van der Waals surface area contributed by atoms with Crippen LogP contribution in [0.5, 0.6) is 0 Å². The van der Waals surface area contributed by atoms with Crippen molar-refractivity contribution in [3.05, 3.63) is 35.4 Å². The van der Waals surface area contributed by atoms with Gasteiger partial charge in [0.15, 0.2) is 0 Å². The average Bonchev–Trinajstić information content (AvgIpc) is 2.53. The molecule has 1 radical (unpaired) electrons. The van der Waals surface area contributed by atoms with Gasteiger partial charge in [0.1, 0.15) is 0 Å². The Morgan fingerprint density at radius 1 is 1.22 bits per heavy atom. The van der Waals surface area contributed by atoms with Gasteiger partial charge in [0.2, 0.25) is 5.91 Å². The number of hydrogen-bond donors (Lipinski definition) is 1. The Morgan fingerprint density at radius 2 is 2.06 bits per heavy atom. The second-order valence-electron chi connectivity index (χ2n) is 5.36. The SMILES string of the molecule is O=C1NCCCC12CCCc1cc[c-]cc1C2.[V]. The first kappa shape index (κ1) is 13.7. The Balaban J connectivity index is 0.00000120. The van der Waals surface area contributed by atoms with Crippen LogP contribution in [0.25, 0.3) is 0 Å². The van der Waals surface area contributed by atoms with E-state index >= 15 is 0 Å². The third kappa shape index (κ3) is 2.37. The van der Waals surface area contributed by atoms with Crippen molar-refractivity contribution in [2.24, 2.45) is 5.41 Å². The molecular formula is C15H18NOV-. The van der Waals surface area contributed by atoms with E-state index in [1.165, 1.54) is 11.1 Å². The minimum atomic E-state index is -0.126. The number of amides is 1. The van der Waals surface area contributed by atoms with E-state index in [0.717, 1.165) is 45.1 Å². The molecule has 95 valence electrons. The summed E-state index contributed by atoms with van der Waals surface area (Å²) in [4.78, 5) is 12.2. The molecule has 1 heterocycles. The Labute approximate surface area is 120 Å². The van der Waals surface area contributed by atoms with Crippen LogP contribution < -0.4 is 5.32 Å². The van der Waals surface area contributed by atoms with E-state index in [1.807, 2.05) is 6.07 Å². The van der Waals surface area contributed by atoms with Crippen LogP contribution in [-0.4, -0.2) is 12.5 Å². The molecule has 1 aromatic rings. The standard InChI is InChI=1S/C15H18NO.V/c17-14-15(9-4-10-16-14)8-3-7-12-5-1-2-6-13(12)11-15;/h1,5-6H,3-4,7-11H2,(H,16,17);/q-1;. The molecule has 1 fully saturated rings. The van der Waals surface area contributed by atoms with Gasteiger partial charge in [-0.15, -0.1) is 0 Å². The maximum Gasteiger partial charge on any atom is 0.225 e. The largest absolute Gasteiger partial charge is 0.356 e. The fourth-order valence-corrected chi connectivity index (χ4v) is 3.31. The van der Waals surface area contributed by atoms with Gasteiger partial charge in [0, 0.05) is 30.5 Å². The molecule has 0 aromatic heterocycles. The predicted molar refractivity (Wildman–Crippen MR) is 66.6 cm³/mol. The zero-order valence-corrected chi connectivity index (χ0v) is 11.9. The van der Waals surface area contributed by atoms with Crippen LogP contribution in [-0.2, 0) is 36.2 Å². The minimum absolute atomic E-state index is 0. The van der Waals surface area contributed by atoms with Gasteiger partial charge in [-0.05, 0) is 19.3 Å². The third-order valence-electron chi connectivity index (χ3n) is 4.28. The molecule has 3 rings (SSSR count). The van der Waals surface area contributed by atoms with Crippen LogP contribution in [0.4, 0.5) is 0 Å². The Hall–Kier alpha value is -0.726. The van der Waals surface area contributed by atoms with Gasteiger partial charge < -0.3 is 5.32 Å². The molecule has 1 amide bonds. The van der Waals surface area contributed by atoms with Gasteiger partial charge in [-0.1, -0.05) is 19.3 Å². The van der Waals surface area contributed by atoms with E-state index in [1.54, 1.807) is 0 Å². The second kappa shape index (κ2) is 5.50. The molecule has 3 heteroatoms. The van der Waals surface area contributed by atoms with E-state index in [0.29, 0.717) is 0 Å². The van der Waals surface area contributed by atoms with Crippen LogP contribution in [0.3, 0.4) is 0 Å². The summed E-state index contributed by atoms with van der Waals surface area (Å²) in [6, 6.07) is 9.37. The first-order valence-corrected chi connectivity index (χ1v) is 6.56. The number of aryl methyl sites for hydroxylation is 1. The molecule has 1 unspecified atom stereocenters. The van der Waals surface area contributed by atoms with Crippen LogP contribution in [0.15, 0.2) is 18.2 Å². The van der Waals surface area contributed by atoms with Crippen molar-refractivity contribution in [2.75, 3.05) is 6.54 Å². The smallest absolute Gasteiger partial charge is 0.225 e. The van der Waals surface area contributed by atoms with Gasteiger partial charge in [-0.3, -0.25) is 4.79 Å². The number of carbonyl (C=O) groups excluding carboxylic acids is 1. The third-order valence-corrected chi connectivity index (χ3v) is 4.28. The van der Waals surface area contributed by atoms with Gasteiger partial charge in [-0.25, -0.2) is 0 Å². The quantitative estimate of drug-likeness (QED) is 0.725. The van der Waals surface area contributed by atoms with Gasteiger partial charge in [0.05, 0.1) is 0 Å². The molecule has 1 spiro atoms. The van der Waals surface area contributed by atoms with Crippen molar-refractivity contribution < 1.29 is 23.4 Å². The monoisotopic (exact) mass is 279 g/mol. The molecule has 1 atom stereocenters. The molecule has 1 aliphatic carbocycles. The van der Waals surface area contributed by atoms with Crippen molar-refractivity contribution in [2.45, 2.75) is 38.5 Å². The first-order valence-electron chi connectivity index (χ1n) is 6.56. The maximum atomic E-state index is 12.2. The summed E-state index contributed by atoms with van der Waals surface area (Å²) in [5.74, 6) is 0.278. The molecule has 0 bridgehead atoms. The molecular weight excluding hydrogens is 261 g/mol. The number of piperidine rings is 1. The van der Waals surface area contributed by atoms with Gasteiger partial charge in [-0.2, -0.15) is 35.4 Å². The molecule has 1 aliphatic heterocycles. The van der Waals surface area contributed by atoms with Crippen molar-refractivity contribution in [1.29, 1.82) is 0 Å². The molecule has 1 aromatic carbocycles. The summed E-state index contributed by atoms with van der Waals surface area (Å²) in [6.45, 7) is 0.856. The molecule has 0 saturated carbocycles. The second-order valence-corrected chi connectivity index (χ2v) is 5.36. The Morgan fingerprint density at radius 3 is 2.89 bits per heavy atom. The van der Waals surface area contributed by atoms with Crippen LogP contribution in [0, 0.1) is 11.5 Å².